The lowest BCUT2D eigenvalue weighted by Gasteiger charge is -2.21. The third-order valence-electron chi connectivity index (χ3n) is 5.05. The van der Waals surface area contributed by atoms with E-state index in [2.05, 4.69) is 10.2 Å². The van der Waals surface area contributed by atoms with Crippen molar-refractivity contribution in [2.45, 2.75) is 38.5 Å². The molecule has 1 amide bonds. The van der Waals surface area contributed by atoms with Crippen LogP contribution in [0.1, 0.15) is 40.1 Å². The van der Waals surface area contributed by atoms with Gasteiger partial charge in [0.1, 0.15) is 5.76 Å². The summed E-state index contributed by atoms with van der Waals surface area (Å²) in [6.07, 6.45) is 3.77. The normalized spacial score (nSPS) is 13.4. The molecule has 1 saturated carbocycles. The molecule has 7 nitrogen and oxygen atoms in total. The maximum Gasteiger partial charge on any atom is 0.269 e. The van der Waals surface area contributed by atoms with E-state index in [1.54, 1.807) is 18.4 Å². The summed E-state index contributed by atoms with van der Waals surface area (Å²) in [5, 5.41) is 13.9. The molecule has 0 unspecified atom stereocenters. The number of amides is 1. The topological polar surface area (TPSA) is 88.6 Å². The molecule has 30 heavy (non-hydrogen) atoms. The first-order valence-electron chi connectivity index (χ1n) is 9.95. The Morgan fingerprint density at radius 1 is 1.00 bits per heavy atom. The molecular weight excluding hydrogens is 382 g/mol. The number of hydrogen-bond donors (Lipinski definition) is 1. The highest BCUT2D eigenvalue weighted by Gasteiger charge is 2.23. The van der Waals surface area contributed by atoms with Gasteiger partial charge in [0.25, 0.3) is 11.6 Å². The molecule has 2 aromatic carbocycles. The lowest BCUT2D eigenvalue weighted by atomic mass is 10.1. The van der Waals surface area contributed by atoms with Crippen LogP contribution in [0.2, 0.25) is 0 Å². The number of furan rings is 1. The zero-order valence-corrected chi connectivity index (χ0v) is 16.5. The quantitative estimate of drug-likeness (QED) is 0.424. The first-order chi connectivity index (χ1) is 14.6. The largest absolute Gasteiger partial charge is 0.468 e. The van der Waals surface area contributed by atoms with E-state index in [0.717, 1.165) is 29.7 Å². The fourth-order valence-corrected chi connectivity index (χ4v) is 3.29. The Hall–Kier alpha value is -3.45. The van der Waals surface area contributed by atoms with Gasteiger partial charge in [-0.1, -0.05) is 24.3 Å². The van der Waals surface area contributed by atoms with Crippen molar-refractivity contribution in [2.75, 3.05) is 0 Å². The molecule has 1 aliphatic rings. The molecule has 4 rings (SSSR count). The second-order valence-corrected chi connectivity index (χ2v) is 7.59. The number of carbonyl (C=O) groups is 1. The average molecular weight is 405 g/mol. The number of hydrogen-bond acceptors (Lipinski definition) is 5. The van der Waals surface area contributed by atoms with Crippen molar-refractivity contribution >= 4 is 11.6 Å². The number of nitro groups is 1. The lowest BCUT2D eigenvalue weighted by Crippen LogP contribution is -2.25. The average Bonchev–Trinajstić information content (AvgIpc) is 3.41. The molecule has 1 heterocycles. The van der Waals surface area contributed by atoms with Crippen molar-refractivity contribution < 1.29 is 14.1 Å². The van der Waals surface area contributed by atoms with Crippen LogP contribution in [0.3, 0.4) is 0 Å². The summed E-state index contributed by atoms with van der Waals surface area (Å²) in [7, 11) is 0. The van der Waals surface area contributed by atoms with Crippen LogP contribution in [-0.4, -0.2) is 21.8 Å². The molecule has 0 radical (unpaired) electrons. The molecule has 0 saturated heterocycles. The summed E-state index contributed by atoms with van der Waals surface area (Å²) in [6.45, 7) is 1.87. The standard InChI is InChI=1S/C23H23N3O4/c27-23(24-20-9-10-20)19-7-3-17(4-8-19)14-25(16-22-2-1-13-30-22)15-18-5-11-21(12-6-18)26(28)29/h1-8,11-13,20H,9-10,14-16H2,(H,24,27). The second-order valence-electron chi connectivity index (χ2n) is 7.59. The number of nitrogens with one attached hydrogen (secondary N) is 1. The Labute approximate surface area is 174 Å². The Bertz CT molecular complexity index is 994. The fraction of sp³-hybridized carbons (Fsp3) is 0.261. The first-order valence-corrected chi connectivity index (χ1v) is 9.95. The molecule has 1 aromatic heterocycles. The van der Waals surface area contributed by atoms with Crippen LogP contribution in [0.25, 0.3) is 0 Å². The van der Waals surface area contributed by atoms with Crippen LogP contribution in [-0.2, 0) is 19.6 Å². The smallest absolute Gasteiger partial charge is 0.269 e. The van der Waals surface area contributed by atoms with Crippen LogP contribution in [0.5, 0.6) is 0 Å². The summed E-state index contributed by atoms with van der Waals surface area (Å²) in [4.78, 5) is 24.9. The number of carbonyl (C=O) groups excluding carboxylic acids is 1. The number of nitro benzene ring substituents is 1. The van der Waals surface area contributed by atoms with Gasteiger partial charge < -0.3 is 9.73 Å². The predicted octanol–water partition coefficient (Wildman–Crippen LogP) is 4.28. The van der Waals surface area contributed by atoms with E-state index in [0.29, 0.717) is 31.2 Å². The molecule has 7 heteroatoms. The minimum atomic E-state index is -0.397. The molecule has 0 aliphatic heterocycles. The van der Waals surface area contributed by atoms with Crippen molar-refractivity contribution in [1.29, 1.82) is 0 Å². The summed E-state index contributed by atoms with van der Waals surface area (Å²) >= 11 is 0. The molecule has 0 bridgehead atoms. The van der Waals surface area contributed by atoms with E-state index < -0.39 is 4.92 Å². The zero-order valence-electron chi connectivity index (χ0n) is 16.5. The van der Waals surface area contributed by atoms with Crippen LogP contribution in [0.15, 0.2) is 71.3 Å². The van der Waals surface area contributed by atoms with Crippen LogP contribution < -0.4 is 5.32 Å². The minimum absolute atomic E-state index is 0.0256. The van der Waals surface area contributed by atoms with Gasteiger partial charge in [-0.25, -0.2) is 0 Å². The molecule has 154 valence electrons. The van der Waals surface area contributed by atoms with E-state index in [1.165, 1.54) is 12.1 Å². The van der Waals surface area contributed by atoms with Crippen molar-refractivity contribution in [3.8, 4) is 0 Å². The van der Waals surface area contributed by atoms with Crippen molar-refractivity contribution in [3.63, 3.8) is 0 Å². The van der Waals surface area contributed by atoms with Gasteiger partial charge in [-0.05, 0) is 48.2 Å². The maximum atomic E-state index is 12.2. The lowest BCUT2D eigenvalue weighted by molar-refractivity contribution is -0.384. The molecule has 1 N–H and O–H groups in total. The Morgan fingerprint density at radius 2 is 1.63 bits per heavy atom. The summed E-state index contributed by atoms with van der Waals surface area (Å²) in [6, 6.07) is 18.3. The summed E-state index contributed by atoms with van der Waals surface area (Å²) in [5.41, 5.74) is 2.80. The molecular formula is C23H23N3O4. The Morgan fingerprint density at radius 3 is 2.17 bits per heavy atom. The maximum absolute atomic E-state index is 12.2. The molecule has 1 fully saturated rings. The van der Waals surface area contributed by atoms with Crippen LogP contribution in [0, 0.1) is 10.1 Å². The van der Waals surface area contributed by atoms with Crippen molar-refractivity contribution in [1.82, 2.24) is 10.2 Å². The molecule has 1 aliphatic carbocycles. The minimum Gasteiger partial charge on any atom is -0.468 e. The van der Waals surface area contributed by atoms with Crippen LogP contribution in [0.4, 0.5) is 5.69 Å². The second kappa shape index (κ2) is 8.92. The zero-order chi connectivity index (χ0) is 20.9. The van der Waals surface area contributed by atoms with Gasteiger partial charge in [-0.3, -0.25) is 19.8 Å². The molecule has 0 atom stereocenters. The third-order valence-corrected chi connectivity index (χ3v) is 5.05. The van der Waals surface area contributed by atoms with Crippen molar-refractivity contribution in [2.24, 2.45) is 0 Å². The monoisotopic (exact) mass is 405 g/mol. The van der Waals surface area contributed by atoms with E-state index in [1.807, 2.05) is 36.4 Å². The highest BCUT2D eigenvalue weighted by Crippen LogP contribution is 2.20. The highest BCUT2D eigenvalue weighted by molar-refractivity contribution is 5.94. The van der Waals surface area contributed by atoms with Gasteiger partial charge in [0, 0.05) is 36.8 Å². The summed E-state index contributed by atoms with van der Waals surface area (Å²) < 4.78 is 5.50. The number of benzene rings is 2. The first kappa shape index (κ1) is 19.8. The van der Waals surface area contributed by atoms with Gasteiger partial charge in [0.15, 0.2) is 0 Å². The van der Waals surface area contributed by atoms with E-state index >= 15 is 0 Å². The van der Waals surface area contributed by atoms with E-state index in [9.17, 15) is 14.9 Å². The number of non-ortho nitro benzene ring substituents is 1. The van der Waals surface area contributed by atoms with Gasteiger partial charge in [-0.15, -0.1) is 0 Å². The van der Waals surface area contributed by atoms with Gasteiger partial charge in [0.2, 0.25) is 0 Å². The van der Waals surface area contributed by atoms with Crippen molar-refractivity contribution in [3.05, 3.63) is 99.5 Å². The molecule has 3 aromatic rings. The third kappa shape index (κ3) is 5.33. The van der Waals surface area contributed by atoms with Gasteiger partial charge in [0.05, 0.1) is 17.7 Å². The number of nitrogens with zero attached hydrogens (tertiary/aromatic N) is 2. The van der Waals surface area contributed by atoms with E-state index in [4.69, 9.17) is 4.42 Å². The Kier molecular flexibility index (Phi) is 5.90. The van der Waals surface area contributed by atoms with Gasteiger partial charge >= 0.3 is 0 Å². The Balaban J connectivity index is 1.45. The van der Waals surface area contributed by atoms with Crippen LogP contribution >= 0.6 is 0 Å². The molecule has 0 spiro atoms. The van der Waals surface area contributed by atoms with E-state index in [-0.39, 0.29) is 11.6 Å². The highest BCUT2D eigenvalue weighted by atomic mass is 16.6. The van der Waals surface area contributed by atoms with Gasteiger partial charge in [-0.2, -0.15) is 0 Å². The fourth-order valence-electron chi connectivity index (χ4n) is 3.29. The summed E-state index contributed by atoms with van der Waals surface area (Å²) in [5.74, 6) is 0.819. The number of rotatable bonds is 9. The predicted molar refractivity (Wildman–Crippen MR) is 112 cm³/mol. The SMILES string of the molecule is O=C(NC1CC1)c1ccc(CN(Cc2ccc([N+](=O)[O-])cc2)Cc2ccco2)cc1.